The molecule has 0 radical (unpaired) electrons. The van der Waals surface area contributed by atoms with Crippen LogP contribution in [0.25, 0.3) is 0 Å². The van der Waals surface area contributed by atoms with E-state index in [1.54, 1.807) is 0 Å². The van der Waals surface area contributed by atoms with E-state index in [0.717, 1.165) is 49.1 Å². The number of fused-ring (bicyclic) bond motifs is 1. The molecule has 1 saturated heterocycles. The summed E-state index contributed by atoms with van der Waals surface area (Å²) in [6, 6.07) is 14.2. The van der Waals surface area contributed by atoms with E-state index in [2.05, 4.69) is 22.0 Å². The Hall–Kier alpha value is -2.53. The Labute approximate surface area is 141 Å². The van der Waals surface area contributed by atoms with Crippen molar-refractivity contribution in [3.8, 4) is 11.5 Å². The minimum Gasteiger partial charge on any atom is -0.486 e. The lowest BCUT2D eigenvalue weighted by molar-refractivity contribution is 0.122. The molecule has 0 aliphatic carbocycles. The monoisotopic (exact) mass is 324 g/mol. The molecule has 0 saturated carbocycles. The van der Waals surface area contributed by atoms with E-state index < -0.39 is 0 Å². The number of anilines is 1. The van der Waals surface area contributed by atoms with Gasteiger partial charge >= 0.3 is 0 Å². The van der Waals surface area contributed by atoms with Crippen molar-refractivity contribution in [1.82, 2.24) is 0 Å². The van der Waals surface area contributed by atoms with E-state index in [9.17, 15) is 0 Å². The second-order valence-corrected chi connectivity index (χ2v) is 5.78. The lowest BCUT2D eigenvalue weighted by Gasteiger charge is -2.28. The fraction of sp³-hybridized carbons (Fsp3) is 0.316. The van der Waals surface area contributed by atoms with Crippen molar-refractivity contribution < 1.29 is 14.2 Å². The minimum absolute atomic E-state index is 0.594. The van der Waals surface area contributed by atoms with Gasteiger partial charge in [-0.3, -0.25) is 4.99 Å². The predicted molar refractivity (Wildman–Crippen MR) is 94.2 cm³/mol. The van der Waals surface area contributed by atoms with Gasteiger partial charge in [0.05, 0.1) is 18.9 Å². The molecule has 2 aliphatic heterocycles. The maximum absolute atomic E-state index is 5.60. The first-order chi connectivity index (χ1) is 11.9. The van der Waals surface area contributed by atoms with E-state index in [1.807, 2.05) is 36.5 Å². The number of morpholine rings is 1. The van der Waals surface area contributed by atoms with Gasteiger partial charge in [-0.15, -0.1) is 0 Å². The number of benzene rings is 2. The molecule has 124 valence electrons. The summed E-state index contributed by atoms with van der Waals surface area (Å²) in [7, 11) is 0. The second kappa shape index (κ2) is 6.93. The summed E-state index contributed by atoms with van der Waals surface area (Å²) < 4.78 is 16.5. The van der Waals surface area contributed by atoms with Crippen LogP contribution in [0.2, 0.25) is 0 Å². The van der Waals surface area contributed by atoms with E-state index in [1.165, 1.54) is 5.69 Å². The van der Waals surface area contributed by atoms with Gasteiger partial charge in [-0.25, -0.2) is 0 Å². The number of aliphatic imine (C=N–C) groups is 1. The summed E-state index contributed by atoms with van der Waals surface area (Å²) in [5, 5.41) is 0. The first-order valence-electron chi connectivity index (χ1n) is 8.25. The van der Waals surface area contributed by atoms with Crippen LogP contribution in [0.1, 0.15) is 5.56 Å². The largest absolute Gasteiger partial charge is 0.486 e. The zero-order valence-corrected chi connectivity index (χ0v) is 13.5. The third kappa shape index (κ3) is 3.36. The summed E-state index contributed by atoms with van der Waals surface area (Å²) >= 11 is 0. The third-order valence-corrected chi connectivity index (χ3v) is 4.15. The van der Waals surface area contributed by atoms with Crippen LogP contribution in [0, 0.1) is 0 Å². The van der Waals surface area contributed by atoms with E-state index in [-0.39, 0.29) is 0 Å². The molecule has 0 amide bonds. The van der Waals surface area contributed by atoms with Gasteiger partial charge in [0.2, 0.25) is 0 Å². The molecule has 4 rings (SSSR count). The summed E-state index contributed by atoms with van der Waals surface area (Å²) in [5.41, 5.74) is 3.15. The molecule has 0 N–H and O–H groups in total. The number of hydrogen-bond donors (Lipinski definition) is 0. The Morgan fingerprint density at radius 2 is 1.58 bits per heavy atom. The Balaban J connectivity index is 1.45. The van der Waals surface area contributed by atoms with Gasteiger partial charge in [0.25, 0.3) is 0 Å². The maximum Gasteiger partial charge on any atom is 0.162 e. The first kappa shape index (κ1) is 15.0. The van der Waals surface area contributed by atoms with Gasteiger partial charge in [-0.1, -0.05) is 0 Å². The highest BCUT2D eigenvalue weighted by Gasteiger charge is 2.11. The molecule has 2 aromatic carbocycles. The van der Waals surface area contributed by atoms with Crippen LogP contribution < -0.4 is 14.4 Å². The number of nitrogens with zero attached hydrogens (tertiary/aromatic N) is 2. The zero-order valence-electron chi connectivity index (χ0n) is 13.5. The van der Waals surface area contributed by atoms with Crippen LogP contribution in [-0.2, 0) is 4.74 Å². The lowest BCUT2D eigenvalue weighted by atomic mass is 10.2. The fourth-order valence-corrected chi connectivity index (χ4v) is 2.86. The van der Waals surface area contributed by atoms with Crippen LogP contribution in [0.5, 0.6) is 11.5 Å². The highest BCUT2D eigenvalue weighted by Crippen LogP contribution is 2.30. The molecule has 0 bridgehead atoms. The first-order valence-corrected chi connectivity index (χ1v) is 8.25. The van der Waals surface area contributed by atoms with Crippen molar-refractivity contribution in [2.75, 3.05) is 44.4 Å². The Kier molecular flexibility index (Phi) is 4.34. The fourth-order valence-electron chi connectivity index (χ4n) is 2.86. The molecule has 5 heteroatoms. The molecule has 0 atom stereocenters. The standard InChI is InChI=1S/C19H20N2O3/c1-6-18-19(24-12-11-23-18)13-15(1)14-20-16-2-4-17(5-3-16)21-7-9-22-10-8-21/h1-6,13-14H,7-12H2. The van der Waals surface area contributed by atoms with Crippen molar-refractivity contribution in [2.45, 2.75) is 0 Å². The molecule has 2 aliphatic rings. The summed E-state index contributed by atoms with van der Waals surface area (Å²) in [4.78, 5) is 6.88. The highest BCUT2D eigenvalue weighted by molar-refractivity contribution is 5.83. The van der Waals surface area contributed by atoms with Crippen molar-refractivity contribution in [3.05, 3.63) is 48.0 Å². The van der Waals surface area contributed by atoms with E-state index >= 15 is 0 Å². The Bertz CT molecular complexity index is 722. The zero-order chi connectivity index (χ0) is 16.2. The van der Waals surface area contributed by atoms with Gasteiger partial charge in [-0.2, -0.15) is 0 Å². The normalized spacial score (nSPS) is 17.2. The molecule has 2 heterocycles. The van der Waals surface area contributed by atoms with Crippen molar-refractivity contribution >= 4 is 17.6 Å². The van der Waals surface area contributed by atoms with Crippen molar-refractivity contribution in [2.24, 2.45) is 4.99 Å². The maximum atomic E-state index is 5.60. The second-order valence-electron chi connectivity index (χ2n) is 5.78. The average molecular weight is 324 g/mol. The van der Waals surface area contributed by atoms with Crippen molar-refractivity contribution in [1.29, 1.82) is 0 Å². The molecular formula is C19H20N2O3. The van der Waals surface area contributed by atoms with Gasteiger partial charge in [0, 0.05) is 25.0 Å². The third-order valence-electron chi connectivity index (χ3n) is 4.15. The van der Waals surface area contributed by atoms with Crippen LogP contribution >= 0.6 is 0 Å². The molecule has 5 nitrogen and oxygen atoms in total. The number of rotatable bonds is 3. The highest BCUT2D eigenvalue weighted by atomic mass is 16.6. The average Bonchev–Trinajstić information content (AvgIpc) is 2.67. The number of ether oxygens (including phenoxy) is 3. The Morgan fingerprint density at radius 3 is 2.38 bits per heavy atom. The van der Waals surface area contributed by atoms with Crippen LogP contribution in [0.3, 0.4) is 0 Å². The molecule has 0 unspecified atom stereocenters. The summed E-state index contributed by atoms with van der Waals surface area (Å²) in [5.74, 6) is 1.58. The number of hydrogen-bond acceptors (Lipinski definition) is 5. The quantitative estimate of drug-likeness (QED) is 0.814. The van der Waals surface area contributed by atoms with E-state index in [0.29, 0.717) is 13.2 Å². The molecular weight excluding hydrogens is 304 g/mol. The molecule has 0 spiro atoms. The van der Waals surface area contributed by atoms with Crippen LogP contribution in [0.15, 0.2) is 47.5 Å². The van der Waals surface area contributed by atoms with Gasteiger partial charge in [-0.05, 0) is 48.0 Å². The molecule has 1 fully saturated rings. The summed E-state index contributed by atoms with van der Waals surface area (Å²) in [6.45, 7) is 4.68. The molecule has 0 aromatic heterocycles. The van der Waals surface area contributed by atoms with Gasteiger partial charge in [0.1, 0.15) is 13.2 Å². The summed E-state index contributed by atoms with van der Waals surface area (Å²) in [6.07, 6.45) is 1.85. The Morgan fingerprint density at radius 1 is 0.833 bits per heavy atom. The lowest BCUT2D eigenvalue weighted by Crippen LogP contribution is -2.36. The van der Waals surface area contributed by atoms with Gasteiger partial charge < -0.3 is 19.1 Å². The smallest absolute Gasteiger partial charge is 0.162 e. The molecule has 24 heavy (non-hydrogen) atoms. The van der Waals surface area contributed by atoms with Crippen LogP contribution in [-0.4, -0.2) is 45.7 Å². The van der Waals surface area contributed by atoms with Crippen molar-refractivity contribution in [3.63, 3.8) is 0 Å². The minimum atomic E-state index is 0.594. The SMILES string of the molecule is C(=Nc1ccc(N2CCOCC2)cc1)c1ccc2c(c1)OCCO2. The van der Waals surface area contributed by atoms with E-state index in [4.69, 9.17) is 14.2 Å². The predicted octanol–water partition coefficient (Wildman–Crippen LogP) is 3.05. The van der Waals surface area contributed by atoms with Gasteiger partial charge in [0.15, 0.2) is 11.5 Å². The topological polar surface area (TPSA) is 43.3 Å². The molecule has 2 aromatic rings. The van der Waals surface area contributed by atoms with Crippen LogP contribution in [0.4, 0.5) is 11.4 Å².